The van der Waals surface area contributed by atoms with Gasteiger partial charge in [0.1, 0.15) is 0 Å². The first-order valence-electron chi connectivity index (χ1n) is 3.44. The predicted molar refractivity (Wildman–Crippen MR) is 54.3 cm³/mol. The first-order chi connectivity index (χ1) is 5.68. The standard InChI is InChI=1S/C6H9N3OS2/c1-4(10)8-5(11)9-6-7-2-3-12-6/h2-3H2,1H3,(H2,7,8,9,10,11). The van der Waals surface area contributed by atoms with Gasteiger partial charge in [-0.1, -0.05) is 11.8 Å². The van der Waals surface area contributed by atoms with Crippen molar-refractivity contribution >= 4 is 40.2 Å². The SMILES string of the molecule is CC(=O)NC(=S)NC1=NCCS1. The average molecular weight is 203 g/mol. The molecule has 12 heavy (non-hydrogen) atoms. The Hall–Kier alpha value is -0.620. The largest absolute Gasteiger partial charge is 0.312 e. The van der Waals surface area contributed by atoms with Crippen LogP contribution in [0.15, 0.2) is 4.99 Å². The number of carbonyl (C=O) groups excluding carboxylic acids is 1. The number of thioether (sulfide) groups is 1. The molecule has 1 heterocycles. The molecule has 2 N–H and O–H groups in total. The lowest BCUT2D eigenvalue weighted by molar-refractivity contribution is -0.117. The third kappa shape index (κ3) is 3.19. The molecule has 0 fully saturated rings. The predicted octanol–water partition coefficient (Wildman–Crippen LogP) is 0.0998. The van der Waals surface area contributed by atoms with Gasteiger partial charge in [0.15, 0.2) is 10.3 Å². The van der Waals surface area contributed by atoms with E-state index >= 15 is 0 Å². The van der Waals surface area contributed by atoms with Crippen LogP contribution >= 0.6 is 24.0 Å². The molecule has 1 aliphatic rings. The summed E-state index contributed by atoms with van der Waals surface area (Å²) in [6, 6.07) is 0. The van der Waals surface area contributed by atoms with Crippen molar-refractivity contribution < 1.29 is 4.79 Å². The smallest absolute Gasteiger partial charge is 0.222 e. The van der Waals surface area contributed by atoms with Crippen LogP contribution in [0.3, 0.4) is 0 Å². The van der Waals surface area contributed by atoms with Crippen LogP contribution in [0.2, 0.25) is 0 Å². The zero-order chi connectivity index (χ0) is 8.97. The summed E-state index contributed by atoms with van der Waals surface area (Å²) >= 11 is 6.43. The van der Waals surface area contributed by atoms with Crippen molar-refractivity contribution in [3.63, 3.8) is 0 Å². The minimum Gasteiger partial charge on any atom is -0.312 e. The number of amidine groups is 1. The molecular formula is C6H9N3OS2. The molecule has 0 atom stereocenters. The zero-order valence-electron chi connectivity index (χ0n) is 6.59. The number of hydrogen-bond acceptors (Lipinski definition) is 4. The molecule has 66 valence electrons. The van der Waals surface area contributed by atoms with Gasteiger partial charge in [-0.15, -0.1) is 0 Å². The first kappa shape index (κ1) is 9.47. The molecule has 1 rings (SSSR count). The van der Waals surface area contributed by atoms with Crippen molar-refractivity contribution in [2.75, 3.05) is 12.3 Å². The quantitative estimate of drug-likeness (QED) is 0.548. The van der Waals surface area contributed by atoms with E-state index in [0.717, 1.165) is 17.5 Å². The van der Waals surface area contributed by atoms with Crippen molar-refractivity contribution in [3.05, 3.63) is 0 Å². The third-order valence-electron chi connectivity index (χ3n) is 1.10. The summed E-state index contributed by atoms with van der Waals surface area (Å²) < 4.78 is 0. The highest BCUT2D eigenvalue weighted by atomic mass is 32.2. The van der Waals surface area contributed by atoms with Crippen LogP contribution in [0, 0.1) is 0 Å². The fraction of sp³-hybridized carbons (Fsp3) is 0.500. The first-order valence-corrected chi connectivity index (χ1v) is 4.83. The summed E-state index contributed by atoms with van der Waals surface area (Å²) in [6.45, 7) is 2.23. The van der Waals surface area contributed by atoms with E-state index < -0.39 is 0 Å². The lowest BCUT2D eigenvalue weighted by atomic mass is 10.7. The molecule has 4 nitrogen and oxygen atoms in total. The van der Waals surface area contributed by atoms with E-state index in [2.05, 4.69) is 15.6 Å². The van der Waals surface area contributed by atoms with Gasteiger partial charge in [0.25, 0.3) is 0 Å². The highest BCUT2D eigenvalue weighted by Gasteiger charge is 2.08. The van der Waals surface area contributed by atoms with Crippen LogP contribution in [-0.2, 0) is 4.79 Å². The van der Waals surface area contributed by atoms with E-state index in [9.17, 15) is 4.79 Å². The van der Waals surface area contributed by atoms with Crippen LogP contribution in [0.5, 0.6) is 0 Å². The maximum atomic E-state index is 10.5. The molecule has 6 heteroatoms. The second kappa shape index (κ2) is 4.42. The van der Waals surface area contributed by atoms with Gasteiger partial charge in [0.2, 0.25) is 5.91 Å². The zero-order valence-corrected chi connectivity index (χ0v) is 8.22. The van der Waals surface area contributed by atoms with Gasteiger partial charge in [-0.2, -0.15) is 0 Å². The lowest BCUT2D eigenvalue weighted by Gasteiger charge is -2.05. The highest BCUT2D eigenvalue weighted by molar-refractivity contribution is 8.14. The normalized spacial score (nSPS) is 15.2. The number of amides is 1. The number of aliphatic imine (C=N–C) groups is 1. The Balaban J connectivity index is 2.30. The van der Waals surface area contributed by atoms with Gasteiger partial charge in [-0.05, 0) is 12.2 Å². The average Bonchev–Trinajstić information content (AvgIpc) is 2.37. The van der Waals surface area contributed by atoms with E-state index in [1.54, 1.807) is 11.8 Å². The number of carbonyl (C=O) groups is 1. The van der Waals surface area contributed by atoms with Crippen molar-refractivity contribution in [2.24, 2.45) is 4.99 Å². The van der Waals surface area contributed by atoms with Crippen LogP contribution in [0.25, 0.3) is 0 Å². The van der Waals surface area contributed by atoms with Gasteiger partial charge in [0.05, 0.1) is 6.54 Å². The van der Waals surface area contributed by atoms with Crippen LogP contribution in [0.1, 0.15) is 6.92 Å². The molecule has 1 aliphatic heterocycles. The minimum absolute atomic E-state index is 0.170. The fourth-order valence-corrected chi connectivity index (χ4v) is 1.74. The van der Waals surface area contributed by atoms with E-state index in [-0.39, 0.29) is 5.91 Å². The molecule has 0 bridgehead atoms. The van der Waals surface area contributed by atoms with Gasteiger partial charge in [-0.3, -0.25) is 9.79 Å². The molecule has 0 aromatic carbocycles. The molecule has 0 aromatic rings. The van der Waals surface area contributed by atoms with Crippen molar-refractivity contribution in [2.45, 2.75) is 6.92 Å². The van der Waals surface area contributed by atoms with Gasteiger partial charge in [-0.25, -0.2) is 0 Å². The Bertz CT molecular complexity index is 239. The minimum atomic E-state index is -0.170. The summed E-state index contributed by atoms with van der Waals surface area (Å²) in [6.07, 6.45) is 0. The van der Waals surface area contributed by atoms with Crippen molar-refractivity contribution in [1.29, 1.82) is 0 Å². The molecule has 0 unspecified atom stereocenters. The van der Waals surface area contributed by atoms with Gasteiger partial charge < -0.3 is 10.6 Å². The maximum absolute atomic E-state index is 10.5. The topological polar surface area (TPSA) is 53.5 Å². The molecule has 0 saturated carbocycles. The third-order valence-corrected chi connectivity index (χ3v) is 2.19. The molecule has 0 saturated heterocycles. The van der Waals surface area contributed by atoms with Crippen molar-refractivity contribution in [3.8, 4) is 0 Å². The fourth-order valence-electron chi connectivity index (χ4n) is 0.699. The monoisotopic (exact) mass is 203 g/mol. The van der Waals surface area contributed by atoms with E-state index in [0.29, 0.717) is 5.11 Å². The Morgan fingerprint density at radius 1 is 1.75 bits per heavy atom. The Kier molecular flexibility index (Phi) is 3.48. The van der Waals surface area contributed by atoms with E-state index in [1.165, 1.54) is 6.92 Å². The molecule has 0 aliphatic carbocycles. The van der Waals surface area contributed by atoms with Crippen LogP contribution < -0.4 is 10.6 Å². The second-order valence-electron chi connectivity index (χ2n) is 2.17. The lowest BCUT2D eigenvalue weighted by Crippen LogP contribution is -2.39. The molecule has 0 aromatic heterocycles. The number of rotatable bonds is 0. The van der Waals surface area contributed by atoms with Gasteiger partial charge in [0, 0.05) is 12.7 Å². The molecular weight excluding hydrogens is 194 g/mol. The van der Waals surface area contributed by atoms with Crippen LogP contribution in [-0.4, -0.2) is 28.5 Å². The Labute approximate surface area is 80.2 Å². The number of thiocarbonyl (C=S) groups is 1. The van der Waals surface area contributed by atoms with E-state index in [1.807, 2.05) is 0 Å². The number of hydrogen-bond donors (Lipinski definition) is 2. The van der Waals surface area contributed by atoms with Gasteiger partial charge >= 0.3 is 0 Å². The Morgan fingerprint density at radius 3 is 3.00 bits per heavy atom. The molecule has 0 spiro atoms. The highest BCUT2D eigenvalue weighted by Crippen LogP contribution is 2.08. The molecule has 0 radical (unpaired) electrons. The summed E-state index contributed by atoms with van der Waals surface area (Å²) in [7, 11) is 0. The van der Waals surface area contributed by atoms with Crippen molar-refractivity contribution in [1.82, 2.24) is 10.6 Å². The Morgan fingerprint density at radius 2 is 2.50 bits per heavy atom. The molecule has 1 amide bonds. The van der Waals surface area contributed by atoms with Crippen LogP contribution in [0.4, 0.5) is 0 Å². The summed E-state index contributed by atoms with van der Waals surface area (Å²) in [4.78, 5) is 14.7. The number of nitrogens with zero attached hydrogens (tertiary/aromatic N) is 1. The summed E-state index contributed by atoms with van der Waals surface area (Å²) in [5.74, 6) is 0.807. The summed E-state index contributed by atoms with van der Waals surface area (Å²) in [5, 5.41) is 6.38. The second-order valence-corrected chi connectivity index (χ2v) is 3.66. The maximum Gasteiger partial charge on any atom is 0.222 e. The number of nitrogens with one attached hydrogen (secondary N) is 2. The van der Waals surface area contributed by atoms with E-state index in [4.69, 9.17) is 12.2 Å². The summed E-state index contributed by atoms with van der Waals surface area (Å²) in [5.41, 5.74) is 0.